The first-order chi connectivity index (χ1) is 11.3. The average Bonchev–Trinajstić information content (AvgIpc) is 2.50. The van der Waals surface area contributed by atoms with E-state index in [2.05, 4.69) is 19.2 Å². The van der Waals surface area contributed by atoms with Crippen molar-refractivity contribution in [3.05, 3.63) is 24.3 Å². The van der Waals surface area contributed by atoms with Crippen LogP contribution >= 0.6 is 0 Å². The monoisotopic (exact) mass is 337 g/mol. The van der Waals surface area contributed by atoms with Crippen molar-refractivity contribution in [1.82, 2.24) is 5.32 Å². The second kappa shape index (κ2) is 9.80. The molecule has 6 heteroatoms. The van der Waals surface area contributed by atoms with Crippen LogP contribution in [0.5, 0.6) is 11.5 Å². The van der Waals surface area contributed by atoms with Crippen molar-refractivity contribution in [3.63, 3.8) is 0 Å². The lowest BCUT2D eigenvalue weighted by Gasteiger charge is -2.18. The van der Waals surface area contributed by atoms with E-state index in [1.54, 1.807) is 32.0 Å². The van der Waals surface area contributed by atoms with Gasteiger partial charge in [0.1, 0.15) is 17.5 Å². The zero-order valence-electron chi connectivity index (χ0n) is 14.7. The fourth-order valence-corrected chi connectivity index (χ4v) is 1.94. The molecule has 0 aliphatic carbocycles. The van der Waals surface area contributed by atoms with Crippen molar-refractivity contribution >= 4 is 11.9 Å². The molecule has 1 aromatic rings. The van der Waals surface area contributed by atoms with Gasteiger partial charge in [-0.05, 0) is 30.4 Å². The van der Waals surface area contributed by atoms with Gasteiger partial charge in [0.25, 0.3) is 5.91 Å². The summed E-state index contributed by atoms with van der Waals surface area (Å²) in [5.74, 6) is 0.0179. The molecule has 0 spiro atoms. The zero-order chi connectivity index (χ0) is 18.1. The largest absolute Gasteiger partial charge is 0.493 e. The van der Waals surface area contributed by atoms with Gasteiger partial charge in [0.05, 0.1) is 6.61 Å². The average molecular weight is 337 g/mol. The molecule has 1 rings (SSSR count). The number of ether oxygens (including phenoxy) is 2. The third-order valence-corrected chi connectivity index (χ3v) is 3.39. The first-order valence-electron chi connectivity index (χ1n) is 8.17. The molecule has 6 nitrogen and oxygen atoms in total. The summed E-state index contributed by atoms with van der Waals surface area (Å²) in [4.78, 5) is 22.9. The Kier molecular flexibility index (Phi) is 8.09. The van der Waals surface area contributed by atoms with Crippen LogP contribution in [0.2, 0.25) is 0 Å². The third kappa shape index (κ3) is 7.35. The highest BCUT2D eigenvalue weighted by Gasteiger charge is 2.23. The summed E-state index contributed by atoms with van der Waals surface area (Å²) in [7, 11) is 0. The van der Waals surface area contributed by atoms with E-state index in [-0.39, 0.29) is 12.5 Å². The fourth-order valence-electron chi connectivity index (χ4n) is 1.94. The Hall–Kier alpha value is -2.24. The van der Waals surface area contributed by atoms with Gasteiger partial charge in [-0.2, -0.15) is 0 Å². The minimum Gasteiger partial charge on any atom is -0.493 e. The summed E-state index contributed by atoms with van der Waals surface area (Å²) in [6.07, 6.45) is 0.958. The molecule has 0 radical (unpaired) electrons. The SMILES string of the molecule is CC(C)CCOc1cccc(OCC(=O)NC(C(=O)O)C(C)C)c1. The van der Waals surface area contributed by atoms with Crippen LogP contribution in [-0.2, 0) is 9.59 Å². The molecule has 1 atom stereocenters. The molecule has 1 amide bonds. The predicted octanol–water partition coefficient (Wildman–Crippen LogP) is 2.72. The van der Waals surface area contributed by atoms with E-state index < -0.39 is 17.9 Å². The highest BCUT2D eigenvalue weighted by Crippen LogP contribution is 2.20. The van der Waals surface area contributed by atoms with Gasteiger partial charge in [-0.1, -0.05) is 33.8 Å². The number of hydrogen-bond donors (Lipinski definition) is 2. The minimum atomic E-state index is -1.06. The van der Waals surface area contributed by atoms with Crippen molar-refractivity contribution in [3.8, 4) is 11.5 Å². The Morgan fingerprint density at radius 3 is 2.29 bits per heavy atom. The van der Waals surface area contributed by atoms with Gasteiger partial charge in [0, 0.05) is 6.07 Å². The maximum absolute atomic E-state index is 11.8. The molecule has 1 aromatic carbocycles. The maximum Gasteiger partial charge on any atom is 0.326 e. The molecule has 1 unspecified atom stereocenters. The number of nitrogens with one attached hydrogen (secondary N) is 1. The number of aliphatic carboxylic acids is 1. The molecular formula is C18H27NO5. The summed E-state index contributed by atoms with van der Waals surface area (Å²) in [5.41, 5.74) is 0. The van der Waals surface area contributed by atoms with Crippen LogP contribution in [0.3, 0.4) is 0 Å². The Labute approximate surface area is 143 Å². The first kappa shape index (κ1) is 19.8. The van der Waals surface area contributed by atoms with Crippen molar-refractivity contribution in [2.24, 2.45) is 11.8 Å². The van der Waals surface area contributed by atoms with E-state index in [1.807, 2.05) is 6.07 Å². The minimum absolute atomic E-state index is 0.205. The van der Waals surface area contributed by atoms with Gasteiger partial charge in [-0.3, -0.25) is 4.79 Å². The van der Waals surface area contributed by atoms with Crippen LogP contribution in [0.1, 0.15) is 34.1 Å². The van der Waals surface area contributed by atoms with Crippen LogP contribution < -0.4 is 14.8 Å². The number of amides is 1. The normalized spacial score (nSPS) is 12.1. The topological polar surface area (TPSA) is 84.9 Å². The number of rotatable bonds is 10. The molecule has 24 heavy (non-hydrogen) atoms. The smallest absolute Gasteiger partial charge is 0.326 e. The van der Waals surface area contributed by atoms with Gasteiger partial charge < -0.3 is 19.9 Å². The maximum atomic E-state index is 11.8. The number of carbonyl (C=O) groups is 2. The van der Waals surface area contributed by atoms with Crippen LogP contribution in [-0.4, -0.2) is 36.2 Å². The highest BCUT2D eigenvalue weighted by atomic mass is 16.5. The number of benzene rings is 1. The lowest BCUT2D eigenvalue weighted by Crippen LogP contribution is -2.46. The van der Waals surface area contributed by atoms with Gasteiger partial charge in [0.15, 0.2) is 6.61 Å². The summed E-state index contributed by atoms with van der Waals surface area (Å²) >= 11 is 0. The van der Waals surface area contributed by atoms with Crippen LogP contribution in [0.15, 0.2) is 24.3 Å². The molecule has 2 N–H and O–H groups in total. The second-order valence-corrected chi connectivity index (χ2v) is 6.42. The molecule has 134 valence electrons. The van der Waals surface area contributed by atoms with E-state index >= 15 is 0 Å². The van der Waals surface area contributed by atoms with E-state index in [1.165, 1.54) is 0 Å². The Bertz CT molecular complexity index is 542. The summed E-state index contributed by atoms with van der Waals surface area (Å²) in [5, 5.41) is 11.5. The molecule has 0 bridgehead atoms. The van der Waals surface area contributed by atoms with Gasteiger partial charge >= 0.3 is 5.97 Å². The molecular weight excluding hydrogens is 310 g/mol. The number of carboxylic acids is 1. The van der Waals surface area contributed by atoms with E-state index in [4.69, 9.17) is 14.6 Å². The Balaban J connectivity index is 2.49. The predicted molar refractivity (Wildman–Crippen MR) is 91.3 cm³/mol. The van der Waals surface area contributed by atoms with Crippen molar-refractivity contribution in [2.75, 3.05) is 13.2 Å². The Morgan fingerprint density at radius 2 is 1.75 bits per heavy atom. The van der Waals surface area contributed by atoms with Crippen molar-refractivity contribution < 1.29 is 24.2 Å². The number of carboxylic acid groups (broad SMARTS) is 1. The standard InChI is InChI=1S/C18H27NO5/c1-12(2)8-9-23-14-6-5-7-15(10-14)24-11-16(20)19-17(13(3)4)18(21)22/h5-7,10,12-13,17H,8-9,11H2,1-4H3,(H,19,20)(H,21,22). The summed E-state index contributed by atoms with van der Waals surface area (Å²) in [6, 6.07) is 6.12. The zero-order valence-corrected chi connectivity index (χ0v) is 14.7. The summed E-state index contributed by atoms with van der Waals surface area (Å²) < 4.78 is 11.0. The molecule has 0 saturated heterocycles. The Morgan fingerprint density at radius 1 is 1.12 bits per heavy atom. The molecule has 0 heterocycles. The highest BCUT2D eigenvalue weighted by molar-refractivity contribution is 5.84. The van der Waals surface area contributed by atoms with Gasteiger partial charge in [-0.15, -0.1) is 0 Å². The van der Waals surface area contributed by atoms with Crippen molar-refractivity contribution in [2.45, 2.75) is 40.2 Å². The van der Waals surface area contributed by atoms with E-state index in [9.17, 15) is 9.59 Å². The third-order valence-electron chi connectivity index (χ3n) is 3.39. The van der Waals surface area contributed by atoms with E-state index in [0.717, 1.165) is 6.42 Å². The first-order valence-corrected chi connectivity index (χ1v) is 8.17. The van der Waals surface area contributed by atoms with Gasteiger partial charge in [-0.25, -0.2) is 4.79 Å². The quantitative estimate of drug-likeness (QED) is 0.686. The van der Waals surface area contributed by atoms with Crippen molar-refractivity contribution in [1.29, 1.82) is 0 Å². The fraction of sp³-hybridized carbons (Fsp3) is 0.556. The summed E-state index contributed by atoms with van der Waals surface area (Å²) in [6.45, 7) is 8.10. The molecule has 0 aliphatic rings. The van der Waals surface area contributed by atoms with E-state index in [0.29, 0.717) is 24.0 Å². The molecule has 0 fully saturated rings. The molecule has 0 aliphatic heterocycles. The van der Waals surface area contributed by atoms with Crippen LogP contribution in [0.4, 0.5) is 0 Å². The lowest BCUT2D eigenvalue weighted by molar-refractivity contribution is -0.143. The second-order valence-electron chi connectivity index (χ2n) is 6.42. The van der Waals surface area contributed by atoms with Gasteiger partial charge in [0.2, 0.25) is 0 Å². The molecule has 0 saturated carbocycles. The lowest BCUT2D eigenvalue weighted by atomic mass is 10.1. The number of carbonyl (C=O) groups excluding carboxylic acids is 1. The molecule has 0 aromatic heterocycles. The van der Waals surface area contributed by atoms with Crippen LogP contribution in [0, 0.1) is 11.8 Å². The number of hydrogen-bond acceptors (Lipinski definition) is 4. The van der Waals surface area contributed by atoms with Crippen LogP contribution in [0.25, 0.3) is 0 Å².